The second-order valence-electron chi connectivity index (χ2n) is 32.9. The van der Waals surface area contributed by atoms with E-state index in [4.69, 9.17) is 4.74 Å². The number of rotatable bonds is 10. The van der Waals surface area contributed by atoms with Crippen molar-refractivity contribution in [1.29, 1.82) is 0 Å². The van der Waals surface area contributed by atoms with Crippen molar-refractivity contribution in [2.24, 2.45) is 21.7 Å². The van der Waals surface area contributed by atoms with Crippen LogP contribution in [0.1, 0.15) is 133 Å². The Balaban J connectivity index is 0.000000107. The molecular formula is C86H99N15O9. The highest BCUT2D eigenvalue weighted by Gasteiger charge is 2.60. The molecule has 110 heavy (non-hydrogen) atoms. The minimum atomic E-state index is -0.853. The third-order valence-corrected chi connectivity index (χ3v) is 26.4. The maximum atomic E-state index is 11.0. The van der Waals surface area contributed by atoms with Gasteiger partial charge in [0.2, 0.25) is 0 Å². The zero-order valence-corrected chi connectivity index (χ0v) is 62.5. The van der Waals surface area contributed by atoms with E-state index in [0.29, 0.717) is 38.1 Å². The van der Waals surface area contributed by atoms with E-state index in [1.807, 2.05) is 144 Å². The number of fused-ring (bicyclic) bond motifs is 4. The molecule has 11 N–H and O–H groups in total. The predicted octanol–water partition coefficient (Wildman–Crippen LogP) is 8.68. The lowest BCUT2D eigenvalue weighted by molar-refractivity contribution is -0.0309. The molecule has 20 atom stereocenters. The number of aliphatic hydroxyl groups excluding tert-OH is 8. The minimum absolute atomic E-state index is 0.0437. The van der Waals surface area contributed by atoms with Gasteiger partial charge < -0.3 is 79.8 Å². The lowest BCUT2D eigenvalue weighted by Gasteiger charge is -2.27. The Kier molecular flexibility index (Phi) is 20.0. The molecule has 4 saturated heterocycles. The van der Waals surface area contributed by atoms with Crippen LogP contribution < -0.4 is 16.0 Å². The van der Waals surface area contributed by atoms with Crippen molar-refractivity contribution in [3.63, 3.8) is 0 Å². The van der Waals surface area contributed by atoms with Crippen LogP contribution in [0.5, 0.6) is 0 Å². The summed E-state index contributed by atoms with van der Waals surface area (Å²) in [6.07, 6.45) is 15.7. The fraction of sp³-hybridized carbons (Fsp3) is 0.442. The van der Waals surface area contributed by atoms with Gasteiger partial charge in [-0.25, -0.2) is 39.9 Å². The monoisotopic (exact) mass is 1490 g/mol. The van der Waals surface area contributed by atoms with Gasteiger partial charge in [-0.2, -0.15) is 0 Å². The molecule has 24 heteroatoms. The number of aryl methyl sites for hydroxylation is 4. The van der Waals surface area contributed by atoms with E-state index in [-0.39, 0.29) is 52.6 Å². The number of aliphatic hydroxyl groups is 8. The van der Waals surface area contributed by atoms with Gasteiger partial charge in [0.25, 0.3) is 0 Å². The van der Waals surface area contributed by atoms with E-state index in [0.717, 1.165) is 137 Å². The van der Waals surface area contributed by atoms with Gasteiger partial charge in [-0.3, -0.25) is 0 Å². The van der Waals surface area contributed by atoms with Crippen LogP contribution in [0, 0.1) is 49.4 Å². The first-order valence-corrected chi connectivity index (χ1v) is 38.9. The highest BCUT2D eigenvalue weighted by molar-refractivity contribution is 5.80. The first-order chi connectivity index (χ1) is 53.3. The van der Waals surface area contributed by atoms with Gasteiger partial charge in [0.15, 0.2) is 0 Å². The van der Waals surface area contributed by atoms with Crippen molar-refractivity contribution in [3.05, 3.63) is 241 Å². The largest absolute Gasteiger partial charge is 0.390 e. The number of aromatic nitrogens is 12. The highest BCUT2D eigenvalue weighted by Crippen LogP contribution is 2.57. The van der Waals surface area contributed by atoms with Crippen molar-refractivity contribution in [1.82, 2.24) is 74.1 Å². The predicted molar refractivity (Wildman–Crippen MR) is 416 cm³/mol. The summed E-state index contributed by atoms with van der Waals surface area (Å²) in [6, 6.07) is 49.3. The van der Waals surface area contributed by atoms with Crippen molar-refractivity contribution in [2.45, 2.75) is 189 Å². The van der Waals surface area contributed by atoms with Crippen LogP contribution in [0.2, 0.25) is 0 Å². The van der Waals surface area contributed by atoms with Gasteiger partial charge in [0.05, 0.1) is 84.1 Å². The summed E-state index contributed by atoms with van der Waals surface area (Å²) >= 11 is 0. The van der Waals surface area contributed by atoms with Gasteiger partial charge in [-0.15, -0.1) is 0 Å². The van der Waals surface area contributed by atoms with Crippen LogP contribution in [-0.4, -0.2) is 186 Å². The molecule has 4 aliphatic heterocycles. The SMILES string of the molecule is Cc1ncnc2c1ccn2[C@@H]1C[C@@]2(CN[C@@H](Cc3ccccc3)C2)[C@@H](O)[C@H]1O.Cc1ncnc2c1ccn2[C@@H]1C[C@@]2(CN[C@@H](c3ccccc3)C2)[C@@H](O)[C@H]1O.Cc1ncnc2c1ccn2[C@@H]1C[C@@]2(CN[C@H](Cc3ccccc3)C2)[C@@H](O)[C@H]1O.Cc1ncnc2c1ccn2[C@@H]1C[C@@]2(CO[C@H](c3ccccc3)C2)[C@@H](O)[C@H]1O. The van der Waals surface area contributed by atoms with E-state index < -0.39 is 54.2 Å². The molecular weight excluding hydrogens is 1390 g/mol. The topological polar surface area (TPSA) is 330 Å². The minimum Gasteiger partial charge on any atom is -0.390 e. The number of ether oxygens (including phenoxy) is 1. The number of hydrogen-bond donors (Lipinski definition) is 11. The van der Waals surface area contributed by atoms with Gasteiger partial charge in [0, 0.05) is 106 Å². The third kappa shape index (κ3) is 13.3. The van der Waals surface area contributed by atoms with Crippen LogP contribution in [0.3, 0.4) is 0 Å². The first-order valence-electron chi connectivity index (χ1n) is 38.9. The Labute approximate surface area is 638 Å². The standard InChI is InChI=1S/2C22H26N4O2.C21H24N4O2.C21H23N3O3/c2*1-14-17-7-8-26(21(17)25-13-24-14)18-11-22(20(28)19(18)27)10-16(23-12-22)9-15-5-3-2-4-6-15;1-13-15-7-8-25(20(15)24-12-23-13)17-10-21(19(27)18(17)26)9-16(22-11-21)14-5-3-2-4-6-14;1-13-15-7-8-24(20(15)23-12-22-13)16-9-21(19(26)18(16)25)10-17(27-11-21)14-5-3-2-4-6-14/h2*2-8,13,16,18-20,23,27-28H,9-12H2,1H3;2-8,12,16-19,22,26-27H,9-11H2,1H3;2-8,12,16-19,25-26H,9-11H2,1H3/t16-,18+,19-,20-,22-;16-,18-,19+,20+,22+;16-,17-,18+,19+,21+;16-,17+,18+,19+,21-/m0111/s1. The van der Waals surface area contributed by atoms with Crippen LogP contribution in [0.4, 0.5) is 0 Å². The second-order valence-corrected chi connectivity index (χ2v) is 32.9. The summed E-state index contributed by atoms with van der Waals surface area (Å²) in [5.41, 5.74) is 10.5. The van der Waals surface area contributed by atoms with E-state index in [2.05, 4.69) is 129 Å². The summed E-state index contributed by atoms with van der Waals surface area (Å²) < 4.78 is 14.1. The Morgan fingerprint density at radius 1 is 0.345 bits per heavy atom. The molecule has 12 heterocycles. The molecule has 0 unspecified atom stereocenters. The number of benzene rings is 4. The summed E-state index contributed by atoms with van der Waals surface area (Å²) in [5, 5.41) is 102. The maximum Gasteiger partial charge on any atom is 0.143 e. The van der Waals surface area contributed by atoms with Crippen LogP contribution >= 0.6 is 0 Å². The molecule has 8 aromatic heterocycles. The smallest absolute Gasteiger partial charge is 0.143 e. The lowest BCUT2D eigenvalue weighted by atomic mass is 9.80. The van der Waals surface area contributed by atoms with Crippen molar-refractivity contribution in [3.8, 4) is 0 Å². The molecule has 24 nitrogen and oxygen atoms in total. The molecule has 4 aliphatic carbocycles. The lowest BCUT2D eigenvalue weighted by Crippen LogP contribution is -2.38. The zero-order valence-electron chi connectivity index (χ0n) is 62.5. The molecule has 0 bridgehead atoms. The molecule has 12 aromatic rings. The molecule has 0 radical (unpaired) electrons. The molecule has 8 aliphatic rings. The Morgan fingerprint density at radius 2 is 0.655 bits per heavy atom. The molecule has 0 amide bonds. The fourth-order valence-electron chi connectivity index (χ4n) is 20.4. The van der Waals surface area contributed by atoms with Crippen LogP contribution in [0.25, 0.3) is 44.1 Å². The maximum absolute atomic E-state index is 11.0. The first kappa shape index (κ1) is 73.7. The van der Waals surface area contributed by atoms with E-state index in [9.17, 15) is 40.9 Å². The summed E-state index contributed by atoms with van der Waals surface area (Å²) in [7, 11) is 0. The average molecular weight is 1490 g/mol. The van der Waals surface area contributed by atoms with Crippen molar-refractivity contribution in [2.75, 3.05) is 26.2 Å². The average Bonchev–Trinajstić information content (AvgIpc) is 1.60. The number of nitrogens with one attached hydrogen (secondary N) is 3. The quantitative estimate of drug-likeness (QED) is 0.0610. The van der Waals surface area contributed by atoms with E-state index >= 15 is 0 Å². The van der Waals surface area contributed by atoms with Crippen molar-refractivity contribution >= 4 is 44.1 Å². The van der Waals surface area contributed by atoms with E-state index in [1.54, 1.807) is 25.3 Å². The fourth-order valence-corrected chi connectivity index (χ4v) is 20.4. The van der Waals surface area contributed by atoms with Gasteiger partial charge in [0.1, 0.15) is 72.3 Å². The van der Waals surface area contributed by atoms with Crippen LogP contribution in [-0.2, 0) is 17.6 Å². The van der Waals surface area contributed by atoms with Crippen LogP contribution in [0.15, 0.2) is 196 Å². The molecule has 8 fully saturated rings. The Hall–Kier alpha value is -9.12. The molecule has 4 saturated carbocycles. The Bertz CT molecular complexity index is 4890. The normalized spacial score (nSPS) is 32.9. The molecule has 20 rings (SSSR count). The van der Waals surface area contributed by atoms with Gasteiger partial charge >= 0.3 is 0 Å². The van der Waals surface area contributed by atoms with E-state index in [1.165, 1.54) is 16.7 Å². The Morgan fingerprint density at radius 3 is 1.02 bits per heavy atom. The zero-order chi connectivity index (χ0) is 75.8. The highest BCUT2D eigenvalue weighted by atomic mass is 16.5. The number of nitrogens with zero attached hydrogens (tertiary/aromatic N) is 12. The summed E-state index contributed by atoms with van der Waals surface area (Å²) in [5.74, 6) is 0. The molecule has 4 aromatic carbocycles. The van der Waals surface area contributed by atoms with Crippen molar-refractivity contribution < 1.29 is 45.6 Å². The second kappa shape index (κ2) is 29.8. The van der Waals surface area contributed by atoms with Gasteiger partial charge in [-0.1, -0.05) is 121 Å². The number of hydrogen-bond acceptors (Lipinski definition) is 20. The summed E-state index contributed by atoms with van der Waals surface area (Å²) in [4.78, 5) is 34.7. The third-order valence-electron chi connectivity index (χ3n) is 26.4. The molecule has 572 valence electrons. The van der Waals surface area contributed by atoms with Gasteiger partial charge in [-0.05, 0) is 138 Å². The molecule has 4 spiro atoms. The summed E-state index contributed by atoms with van der Waals surface area (Å²) in [6.45, 7) is 10.4.